The van der Waals surface area contributed by atoms with Gasteiger partial charge in [-0.15, -0.1) is 0 Å². The van der Waals surface area contributed by atoms with Crippen LogP contribution in [0, 0.1) is 0 Å². The van der Waals surface area contributed by atoms with Crippen LogP contribution in [-0.4, -0.2) is 69.9 Å². The van der Waals surface area contributed by atoms with Crippen molar-refractivity contribution in [2.45, 2.75) is 31.7 Å². The van der Waals surface area contributed by atoms with E-state index in [0.717, 1.165) is 25.9 Å². The van der Waals surface area contributed by atoms with Gasteiger partial charge in [-0.1, -0.05) is 6.42 Å². The smallest absolute Gasteiger partial charge is 0.290 e. The van der Waals surface area contributed by atoms with Gasteiger partial charge in [0.1, 0.15) is 11.4 Å². The molecule has 0 aromatic carbocycles. The number of carbonyl (C=O) groups excluding carboxylic acids is 1. The van der Waals surface area contributed by atoms with E-state index in [9.17, 15) is 9.90 Å². The number of carbonyl (C=O) groups is 2. The molecule has 134 valence electrons. The third kappa shape index (κ3) is 6.93. The van der Waals surface area contributed by atoms with Gasteiger partial charge in [0.15, 0.2) is 0 Å². The van der Waals surface area contributed by atoms with Crippen LogP contribution >= 0.6 is 0 Å². The molecule has 1 fully saturated rings. The van der Waals surface area contributed by atoms with E-state index in [1.165, 1.54) is 31.2 Å². The fraction of sp³-hybridized carbons (Fsp3) is 0.562. The van der Waals surface area contributed by atoms with Crippen molar-refractivity contribution < 1.29 is 24.9 Å². The monoisotopic (exact) mass is 339 g/mol. The molecule has 8 heteroatoms. The van der Waals surface area contributed by atoms with Gasteiger partial charge in [0.25, 0.3) is 12.4 Å². The number of hydrogen-bond donors (Lipinski definition) is 4. The van der Waals surface area contributed by atoms with Gasteiger partial charge in [0.2, 0.25) is 0 Å². The van der Waals surface area contributed by atoms with Gasteiger partial charge in [-0.2, -0.15) is 0 Å². The number of aliphatic hydroxyl groups is 1. The molecule has 8 nitrogen and oxygen atoms in total. The lowest BCUT2D eigenvalue weighted by Gasteiger charge is -2.34. The minimum absolute atomic E-state index is 0.0479. The highest BCUT2D eigenvalue weighted by atomic mass is 16.3. The van der Waals surface area contributed by atoms with Gasteiger partial charge in [-0.05, 0) is 37.9 Å². The lowest BCUT2D eigenvalue weighted by molar-refractivity contribution is -0.122. The van der Waals surface area contributed by atoms with Crippen molar-refractivity contribution in [1.82, 2.24) is 15.2 Å². The van der Waals surface area contributed by atoms with E-state index in [4.69, 9.17) is 15.0 Å². The van der Waals surface area contributed by atoms with E-state index in [-0.39, 0.29) is 30.8 Å². The van der Waals surface area contributed by atoms with Crippen LogP contribution < -0.4 is 5.32 Å². The van der Waals surface area contributed by atoms with Crippen molar-refractivity contribution in [2.75, 3.05) is 26.2 Å². The molecule has 1 unspecified atom stereocenters. The quantitative estimate of drug-likeness (QED) is 0.438. The zero-order valence-electron chi connectivity index (χ0n) is 13.6. The Balaban J connectivity index is 0.000000891. The number of pyridine rings is 1. The molecule has 0 bridgehead atoms. The van der Waals surface area contributed by atoms with Gasteiger partial charge < -0.3 is 20.6 Å². The molecular formula is C16H25N3O5. The van der Waals surface area contributed by atoms with E-state index < -0.39 is 0 Å². The molecule has 1 aromatic rings. The minimum Gasteiger partial charge on any atom is -0.506 e. The summed E-state index contributed by atoms with van der Waals surface area (Å²) in [5.74, 6) is -0.181. The number of amides is 1. The molecule has 24 heavy (non-hydrogen) atoms. The summed E-state index contributed by atoms with van der Waals surface area (Å²) in [7, 11) is 0. The molecule has 2 heterocycles. The summed E-state index contributed by atoms with van der Waals surface area (Å²) in [6.07, 6.45) is 5.53. The predicted octanol–water partition coefficient (Wildman–Crippen LogP) is 0.455. The number of rotatable bonds is 6. The largest absolute Gasteiger partial charge is 0.506 e. The van der Waals surface area contributed by atoms with Crippen molar-refractivity contribution >= 4 is 12.4 Å². The summed E-state index contributed by atoms with van der Waals surface area (Å²) in [4.78, 5) is 26.3. The first-order chi connectivity index (χ1) is 11.6. The van der Waals surface area contributed by atoms with Gasteiger partial charge in [0.05, 0.1) is 12.8 Å². The van der Waals surface area contributed by atoms with Crippen LogP contribution in [0.1, 0.15) is 36.2 Å². The van der Waals surface area contributed by atoms with Gasteiger partial charge in [0, 0.05) is 19.1 Å². The number of likely N-dealkylation sites (tertiary alicyclic amines) is 1. The standard InChI is InChI=1S/C15H23N3O3.CH2O2/c19-11-12-4-1-2-8-18(12)9-3-7-16-15(21)14-6-5-13(20)10-17-14;2-1-3/h5-6,10,12,19-20H,1-4,7-9,11H2,(H,16,21);1H,(H,2,3). The Bertz CT molecular complexity index is 495. The molecule has 0 saturated carbocycles. The number of aromatic nitrogens is 1. The maximum absolute atomic E-state index is 11.8. The third-order valence-corrected chi connectivity index (χ3v) is 3.85. The fourth-order valence-corrected chi connectivity index (χ4v) is 2.66. The summed E-state index contributed by atoms with van der Waals surface area (Å²) >= 11 is 0. The molecule has 2 rings (SSSR count). The lowest BCUT2D eigenvalue weighted by atomic mass is 10.0. The second-order valence-electron chi connectivity index (χ2n) is 5.48. The molecule has 1 aromatic heterocycles. The summed E-state index contributed by atoms with van der Waals surface area (Å²) in [5.41, 5.74) is 0.305. The summed E-state index contributed by atoms with van der Waals surface area (Å²) in [6, 6.07) is 3.21. The number of hydrogen-bond acceptors (Lipinski definition) is 6. The molecular weight excluding hydrogens is 314 g/mol. The number of aromatic hydroxyl groups is 1. The first kappa shape index (κ1) is 19.9. The van der Waals surface area contributed by atoms with Crippen LogP contribution in [-0.2, 0) is 4.79 Å². The Morgan fingerprint density at radius 3 is 2.79 bits per heavy atom. The fourth-order valence-electron chi connectivity index (χ4n) is 2.66. The molecule has 0 aliphatic carbocycles. The Kier molecular flexibility index (Phi) is 9.40. The van der Waals surface area contributed by atoms with Gasteiger partial charge >= 0.3 is 0 Å². The third-order valence-electron chi connectivity index (χ3n) is 3.85. The van der Waals surface area contributed by atoms with E-state index in [1.54, 1.807) is 0 Å². The SMILES string of the molecule is O=C(NCCCN1CCCCC1CO)c1ccc(O)cn1.O=CO. The average molecular weight is 339 g/mol. The Morgan fingerprint density at radius 2 is 2.17 bits per heavy atom. The van der Waals surface area contributed by atoms with E-state index in [1.807, 2.05) is 0 Å². The first-order valence-corrected chi connectivity index (χ1v) is 7.98. The summed E-state index contributed by atoms with van der Waals surface area (Å²) in [5, 5.41) is 28.2. The second-order valence-corrected chi connectivity index (χ2v) is 5.48. The van der Waals surface area contributed by atoms with Gasteiger partial charge in [-0.25, -0.2) is 4.98 Å². The first-order valence-electron chi connectivity index (χ1n) is 7.98. The molecule has 1 aliphatic rings. The molecule has 1 saturated heterocycles. The Labute approximate surface area is 141 Å². The topological polar surface area (TPSA) is 123 Å². The van der Waals surface area contributed by atoms with E-state index in [0.29, 0.717) is 12.2 Å². The Hall–Kier alpha value is -2.19. The zero-order chi connectivity index (χ0) is 17.8. The number of nitrogens with one attached hydrogen (secondary N) is 1. The average Bonchev–Trinajstić information content (AvgIpc) is 2.60. The molecule has 1 atom stereocenters. The normalized spacial score (nSPS) is 17.5. The maximum atomic E-state index is 11.8. The predicted molar refractivity (Wildman–Crippen MR) is 87.8 cm³/mol. The van der Waals surface area contributed by atoms with Crippen molar-refractivity contribution in [3.05, 3.63) is 24.0 Å². The van der Waals surface area contributed by atoms with Crippen LogP contribution in [0.15, 0.2) is 18.3 Å². The van der Waals surface area contributed by atoms with Crippen molar-refractivity contribution in [3.8, 4) is 5.75 Å². The number of aliphatic hydroxyl groups excluding tert-OH is 1. The Morgan fingerprint density at radius 1 is 1.42 bits per heavy atom. The van der Waals surface area contributed by atoms with Crippen LogP contribution in [0.3, 0.4) is 0 Å². The number of nitrogens with zero attached hydrogens (tertiary/aromatic N) is 2. The van der Waals surface area contributed by atoms with Crippen LogP contribution in [0.5, 0.6) is 5.75 Å². The van der Waals surface area contributed by atoms with Crippen molar-refractivity contribution in [1.29, 1.82) is 0 Å². The molecule has 4 N–H and O–H groups in total. The maximum Gasteiger partial charge on any atom is 0.290 e. The molecule has 0 radical (unpaired) electrons. The van der Waals surface area contributed by atoms with Crippen molar-refractivity contribution in [3.63, 3.8) is 0 Å². The highest BCUT2D eigenvalue weighted by molar-refractivity contribution is 5.92. The van der Waals surface area contributed by atoms with Crippen LogP contribution in [0.25, 0.3) is 0 Å². The molecule has 0 spiro atoms. The molecule has 1 amide bonds. The second kappa shape index (κ2) is 11.4. The summed E-state index contributed by atoms with van der Waals surface area (Å²) < 4.78 is 0. The highest BCUT2D eigenvalue weighted by Crippen LogP contribution is 2.16. The lowest BCUT2D eigenvalue weighted by Crippen LogP contribution is -2.43. The molecule has 1 aliphatic heterocycles. The van der Waals surface area contributed by atoms with Crippen LogP contribution in [0.2, 0.25) is 0 Å². The van der Waals surface area contributed by atoms with Gasteiger partial charge in [-0.3, -0.25) is 14.5 Å². The highest BCUT2D eigenvalue weighted by Gasteiger charge is 2.20. The van der Waals surface area contributed by atoms with E-state index in [2.05, 4.69) is 15.2 Å². The number of carboxylic acid groups (broad SMARTS) is 1. The zero-order valence-corrected chi connectivity index (χ0v) is 13.6. The summed E-state index contributed by atoms with van der Waals surface area (Å²) in [6.45, 7) is 2.45. The minimum atomic E-state index is -0.250. The van der Waals surface area contributed by atoms with E-state index >= 15 is 0 Å². The van der Waals surface area contributed by atoms with Crippen molar-refractivity contribution in [2.24, 2.45) is 0 Å². The number of piperidine rings is 1. The van der Waals surface area contributed by atoms with Crippen LogP contribution in [0.4, 0.5) is 0 Å².